The van der Waals surface area contributed by atoms with E-state index in [-0.39, 0.29) is 12.1 Å². The highest BCUT2D eigenvalue weighted by atomic mass is 16.5. The van der Waals surface area contributed by atoms with E-state index >= 15 is 0 Å². The monoisotopic (exact) mass is 197 g/mol. The summed E-state index contributed by atoms with van der Waals surface area (Å²) in [6, 6.07) is 0.0987. The van der Waals surface area contributed by atoms with E-state index in [1.54, 1.807) is 7.11 Å². The maximum atomic E-state index is 5.89. The zero-order valence-electron chi connectivity index (χ0n) is 9.10. The highest BCUT2D eigenvalue weighted by Crippen LogP contribution is 2.12. The van der Waals surface area contributed by atoms with Gasteiger partial charge in [0.25, 0.3) is 0 Å². The van der Waals surface area contributed by atoms with Crippen molar-refractivity contribution in [3.8, 4) is 0 Å². The van der Waals surface area contributed by atoms with Gasteiger partial charge in [-0.3, -0.25) is 4.68 Å². The third-order valence-electron chi connectivity index (χ3n) is 2.37. The molecule has 2 N–H and O–H groups in total. The van der Waals surface area contributed by atoms with Crippen LogP contribution in [0.15, 0.2) is 12.4 Å². The van der Waals surface area contributed by atoms with Gasteiger partial charge in [0.2, 0.25) is 0 Å². The Morgan fingerprint density at radius 3 is 2.93 bits per heavy atom. The molecule has 0 aliphatic carbocycles. The molecule has 0 saturated carbocycles. The lowest BCUT2D eigenvalue weighted by molar-refractivity contribution is 0.0998. The number of nitrogens with zero attached hydrogens (tertiary/aromatic N) is 2. The van der Waals surface area contributed by atoms with Crippen LogP contribution in [0.2, 0.25) is 0 Å². The summed E-state index contributed by atoms with van der Waals surface area (Å²) >= 11 is 0. The Balaban J connectivity index is 2.59. The van der Waals surface area contributed by atoms with Crippen molar-refractivity contribution < 1.29 is 4.74 Å². The lowest BCUT2D eigenvalue weighted by Crippen LogP contribution is -2.15. The molecule has 4 heteroatoms. The summed E-state index contributed by atoms with van der Waals surface area (Å²) in [5.74, 6) is 0. The fourth-order valence-corrected chi connectivity index (χ4v) is 1.24. The SMILES string of the molecule is CCC(N)c1cnn(CC(C)OC)c1. The first kappa shape index (κ1) is 11.2. The zero-order chi connectivity index (χ0) is 10.6. The maximum absolute atomic E-state index is 5.89. The van der Waals surface area contributed by atoms with Gasteiger partial charge in [-0.25, -0.2) is 0 Å². The van der Waals surface area contributed by atoms with E-state index in [1.807, 2.05) is 24.0 Å². The van der Waals surface area contributed by atoms with Crippen molar-refractivity contribution in [2.24, 2.45) is 5.73 Å². The second-order valence-corrected chi connectivity index (χ2v) is 3.56. The molecule has 1 heterocycles. The van der Waals surface area contributed by atoms with E-state index < -0.39 is 0 Å². The summed E-state index contributed by atoms with van der Waals surface area (Å²) in [4.78, 5) is 0. The lowest BCUT2D eigenvalue weighted by atomic mass is 10.1. The van der Waals surface area contributed by atoms with Crippen molar-refractivity contribution in [3.63, 3.8) is 0 Å². The molecule has 1 aromatic rings. The molecule has 80 valence electrons. The molecule has 14 heavy (non-hydrogen) atoms. The third kappa shape index (κ3) is 2.82. The normalized spacial score (nSPS) is 15.4. The highest BCUT2D eigenvalue weighted by molar-refractivity contribution is 5.09. The molecule has 0 bridgehead atoms. The van der Waals surface area contributed by atoms with E-state index in [0.29, 0.717) is 0 Å². The van der Waals surface area contributed by atoms with Crippen molar-refractivity contribution >= 4 is 0 Å². The largest absolute Gasteiger partial charge is 0.380 e. The summed E-state index contributed by atoms with van der Waals surface area (Å²) in [6.07, 6.45) is 4.94. The molecule has 2 unspecified atom stereocenters. The molecule has 0 saturated heterocycles. The average molecular weight is 197 g/mol. The summed E-state index contributed by atoms with van der Waals surface area (Å²) in [6.45, 7) is 4.85. The van der Waals surface area contributed by atoms with Gasteiger partial charge in [-0.15, -0.1) is 0 Å². The van der Waals surface area contributed by atoms with Crippen molar-refractivity contribution in [2.75, 3.05) is 7.11 Å². The van der Waals surface area contributed by atoms with E-state index in [1.165, 1.54) is 0 Å². The summed E-state index contributed by atoms with van der Waals surface area (Å²) in [5.41, 5.74) is 6.98. The van der Waals surface area contributed by atoms with Crippen LogP contribution in [0.1, 0.15) is 31.9 Å². The van der Waals surface area contributed by atoms with Crippen molar-refractivity contribution in [2.45, 2.75) is 39.0 Å². The Morgan fingerprint density at radius 1 is 1.64 bits per heavy atom. The molecule has 0 radical (unpaired) electrons. The van der Waals surface area contributed by atoms with Crippen molar-refractivity contribution in [1.82, 2.24) is 9.78 Å². The second kappa shape index (κ2) is 5.12. The smallest absolute Gasteiger partial charge is 0.0739 e. The van der Waals surface area contributed by atoms with Crippen LogP contribution in [0, 0.1) is 0 Å². The van der Waals surface area contributed by atoms with Crippen LogP contribution < -0.4 is 5.73 Å². The average Bonchev–Trinajstić information content (AvgIpc) is 2.65. The van der Waals surface area contributed by atoms with E-state index in [4.69, 9.17) is 10.5 Å². The van der Waals surface area contributed by atoms with Crippen molar-refractivity contribution in [3.05, 3.63) is 18.0 Å². The summed E-state index contributed by atoms with van der Waals surface area (Å²) < 4.78 is 7.03. The van der Waals surface area contributed by atoms with Gasteiger partial charge in [0, 0.05) is 24.9 Å². The Bertz CT molecular complexity index is 272. The first-order chi connectivity index (χ1) is 6.67. The molecule has 1 rings (SSSR count). The number of rotatable bonds is 5. The molecule has 1 aromatic heterocycles. The standard InChI is InChI=1S/C10H19N3O/c1-4-10(11)9-5-12-13(7-9)6-8(2)14-3/h5,7-8,10H,4,6,11H2,1-3H3. The summed E-state index contributed by atoms with van der Waals surface area (Å²) in [5, 5.41) is 4.23. The molecular weight excluding hydrogens is 178 g/mol. The number of aromatic nitrogens is 2. The number of hydrogen-bond donors (Lipinski definition) is 1. The minimum atomic E-state index is 0.0987. The fourth-order valence-electron chi connectivity index (χ4n) is 1.24. The van der Waals surface area contributed by atoms with E-state index in [0.717, 1.165) is 18.5 Å². The Hall–Kier alpha value is -0.870. The van der Waals surface area contributed by atoms with Crippen LogP contribution in [0.25, 0.3) is 0 Å². The minimum absolute atomic E-state index is 0.0987. The topological polar surface area (TPSA) is 53.1 Å². The maximum Gasteiger partial charge on any atom is 0.0739 e. The van der Waals surface area contributed by atoms with Gasteiger partial charge in [0.05, 0.1) is 18.8 Å². The van der Waals surface area contributed by atoms with E-state index in [2.05, 4.69) is 12.0 Å². The first-order valence-electron chi connectivity index (χ1n) is 4.98. The highest BCUT2D eigenvalue weighted by Gasteiger charge is 2.07. The van der Waals surface area contributed by atoms with Crippen LogP contribution in [0.4, 0.5) is 0 Å². The van der Waals surface area contributed by atoms with Gasteiger partial charge >= 0.3 is 0 Å². The van der Waals surface area contributed by atoms with Gasteiger partial charge in [-0.05, 0) is 13.3 Å². The number of ether oxygens (including phenoxy) is 1. The molecule has 0 aromatic carbocycles. The second-order valence-electron chi connectivity index (χ2n) is 3.56. The van der Waals surface area contributed by atoms with Crippen LogP contribution >= 0.6 is 0 Å². The number of nitrogens with two attached hydrogens (primary N) is 1. The predicted molar refractivity (Wildman–Crippen MR) is 55.9 cm³/mol. The third-order valence-corrected chi connectivity index (χ3v) is 2.37. The fraction of sp³-hybridized carbons (Fsp3) is 0.700. The Labute approximate surface area is 85.0 Å². The van der Waals surface area contributed by atoms with Crippen LogP contribution in [0.5, 0.6) is 0 Å². The quantitative estimate of drug-likeness (QED) is 0.774. The minimum Gasteiger partial charge on any atom is -0.380 e. The Morgan fingerprint density at radius 2 is 2.36 bits per heavy atom. The molecule has 4 nitrogen and oxygen atoms in total. The van der Waals surface area contributed by atoms with Crippen molar-refractivity contribution in [1.29, 1.82) is 0 Å². The lowest BCUT2D eigenvalue weighted by Gasteiger charge is -2.09. The molecule has 0 amide bonds. The van der Waals surface area contributed by atoms with Gasteiger partial charge in [0.15, 0.2) is 0 Å². The molecule has 0 aliphatic rings. The number of hydrogen-bond acceptors (Lipinski definition) is 3. The van der Waals surface area contributed by atoms with Crippen LogP contribution in [-0.4, -0.2) is 23.0 Å². The molecule has 0 aliphatic heterocycles. The first-order valence-corrected chi connectivity index (χ1v) is 4.98. The molecular formula is C10H19N3O. The zero-order valence-corrected chi connectivity index (χ0v) is 9.10. The van der Waals surface area contributed by atoms with Crippen LogP contribution in [0.3, 0.4) is 0 Å². The predicted octanol–water partition coefficient (Wildman–Crippen LogP) is 1.33. The molecule has 0 spiro atoms. The van der Waals surface area contributed by atoms with Gasteiger partial charge < -0.3 is 10.5 Å². The van der Waals surface area contributed by atoms with Crippen LogP contribution in [-0.2, 0) is 11.3 Å². The Kier molecular flexibility index (Phi) is 4.10. The van der Waals surface area contributed by atoms with E-state index in [9.17, 15) is 0 Å². The number of methoxy groups -OCH3 is 1. The summed E-state index contributed by atoms with van der Waals surface area (Å²) in [7, 11) is 1.70. The van der Waals surface area contributed by atoms with Gasteiger partial charge in [-0.1, -0.05) is 6.92 Å². The van der Waals surface area contributed by atoms with Gasteiger partial charge in [-0.2, -0.15) is 5.10 Å². The molecule has 2 atom stereocenters. The van der Waals surface area contributed by atoms with Gasteiger partial charge in [0.1, 0.15) is 0 Å². The molecule has 0 fully saturated rings.